The van der Waals surface area contributed by atoms with E-state index < -0.39 is 11.7 Å². The summed E-state index contributed by atoms with van der Waals surface area (Å²) in [5.74, 6) is -1.08. The van der Waals surface area contributed by atoms with Gasteiger partial charge in [0.15, 0.2) is 5.82 Å². The van der Waals surface area contributed by atoms with E-state index in [4.69, 9.17) is 4.74 Å². The fourth-order valence-electron chi connectivity index (χ4n) is 1.35. The van der Waals surface area contributed by atoms with E-state index in [9.17, 15) is 9.18 Å². The molecule has 0 fully saturated rings. The molecule has 0 spiro atoms. The summed E-state index contributed by atoms with van der Waals surface area (Å²) in [5, 5.41) is 3.45. The molecule has 0 saturated heterocycles. The number of alkyl halides is 1. The molecule has 1 amide bonds. The molecular formula is C11H14BrFN2O2. The van der Waals surface area contributed by atoms with Gasteiger partial charge >= 0.3 is 0 Å². The Morgan fingerprint density at radius 3 is 3.06 bits per heavy atom. The highest BCUT2D eigenvalue weighted by atomic mass is 79.9. The highest BCUT2D eigenvalue weighted by molar-refractivity contribution is 9.09. The van der Waals surface area contributed by atoms with Gasteiger partial charge in [-0.15, -0.1) is 0 Å². The molecule has 1 N–H and O–H groups in total. The third kappa shape index (κ3) is 4.40. The third-order valence-electron chi connectivity index (χ3n) is 2.18. The minimum absolute atomic E-state index is 0.00400. The summed E-state index contributed by atoms with van der Waals surface area (Å²) >= 11 is 3.29. The number of aromatic nitrogens is 1. The minimum atomic E-state index is -0.625. The summed E-state index contributed by atoms with van der Waals surface area (Å²) in [6.45, 7) is 0.393. The maximum Gasteiger partial charge on any atom is 0.254 e. The van der Waals surface area contributed by atoms with Crippen molar-refractivity contribution in [3.8, 4) is 0 Å². The molecule has 1 aromatic heterocycles. The molecule has 4 nitrogen and oxygen atoms in total. The monoisotopic (exact) mass is 304 g/mol. The third-order valence-corrected chi connectivity index (χ3v) is 2.64. The fourth-order valence-corrected chi connectivity index (χ4v) is 1.91. The van der Waals surface area contributed by atoms with Gasteiger partial charge in [-0.2, -0.15) is 0 Å². The standard InChI is InChI=1S/C11H14BrFN2O2/c1-17-7-8(2-4-12)15-11(16)9-3-5-14-6-10(9)13/h3,5-6,8H,2,4,7H2,1H3,(H,15,16). The van der Waals surface area contributed by atoms with Crippen LogP contribution in [0.2, 0.25) is 0 Å². The largest absolute Gasteiger partial charge is 0.383 e. The average Bonchev–Trinajstić information content (AvgIpc) is 2.30. The smallest absolute Gasteiger partial charge is 0.254 e. The van der Waals surface area contributed by atoms with Crippen molar-refractivity contribution < 1.29 is 13.9 Å². The Labute approximate surface area is 108 Å². The SMILES string of the molecule is COCC(CCBr)NC(=O)c1ccncc1F. The minimum Gasteiger partial charge on any atom is -0.383 e. The molecule has 0 radical (unpaired) electrons. The lowest BCUT2D eigenvalue weighted by Gasteiger charge is -2.16. The van der Waals surface area contributed by atoms with Crippen molar-refractivity contribution in [1.82, 2.24) is 10.3 Å². The predicted octanol–water partition coefficient (Wildman–Crippen LogP) is 1.75. The van der Waals surface area contributed by atoms with E-state index in [0.29, 0.717) is 13.0 Å². The van der Waals surface area contributed by atoms with Gasteiger partial charge in [0.2, 0.25) is 0 Å². The molecule has 0 aliphatic heterocycles. The first-order valence-corrected chi connectivity index (χ1v) is 6.26. The molecule has 0 saturated carbocycles. The number of ether oxygens (including phenoxy) is 1. The first-order chi connectivity index (χ1) is 8.19. The van der Waals surface area contributed by atoms with Crippen LogP contribution in [0.1, 0.15) is 16.8 Å². The second kappa shape index (κ2) is 7.34. The van der Waals surface area contributed by atoms with Crippen LogP contribution in [0.5, 0.6) is 0 Å². The second-order valence-electron chi connectivity index (χ2n) is 3.46. The van der Waals surface area contributed by atoms with Crippen LogP contribution in [-0.4, -0.2) is 36.0 Å². The number of methoxy groups -OCH3 is 1. The Balaban J connectivity index is 2.67. The summed E-state index contributed by atoms with van der Waals surface area (Å²) in [5.41, 5.74) is -0.00400. The van der Waals surface area contributed by atoms with Crippen LogP contribution in [0.15, 0.2) is 18.5 Å². The van der Waals surface area contributed by atoms with Crippen LogP contribution >= 0.6 is 15.9 Å². The van der Waals surface area contributed by atoms with Gasteiger partial charge < -0.3 is 10.1 Å². The van der Waals surface area contributed by atoms with E-state index in [0.717, 1.165) is 11.5 Å². The van der Waals surface area contributed by atoms with Crippen molar-refractivity contribution in [3.05, 3.63) is 29.8 Å². The van der Waals surface area contributed by atoms with Gasteiger partial charge in [-0.25, -0.2) is 4.39 Å². The molecule has 6 heteroatoms. The molecule has 0 bridgehead atoms. The van der Waals surface area contributed by atoms with Crippen LogP contribution in [0, 0.1) is 5.82 Å². The van der Waals surface area contributed by atoms with Gasteiger partial charge in [0.05, 0.1) is 24.4 Å². The number of nitrogens with zero attached hydrogens (tertiary/aromatic N) is 1. The highest BCUT2D eigenvalue weighted by Gasteiger charge is 2.16. The topological polar surface area (TPSA) is 51.2 Å². The summed E-state index contributed by atoms with van der Waals surface area (Å²) in [6, 6.07) is 1.21. The summed E-state index contributed by atoms with van der Waals surface area (Å²) in [7, 11) is 1.56. The summed E-state index contributed by atoms with van der Waals surface area (Å²) < 4.78 is 18.3. The Morgan fingerprint density at radius 1 is 1.71 bits per heavy atom. The molecule has 1 atom stereocenters. The van der Waals surface area contributed by atoms with Crippen molar-refractivity contribution in [2.45, 2.75) is 12.5 Å². The lowest BCUT2D eigenvalue weighted by Crippen LogP contribution is -2.38. The number of halogens is 2. The molecule has 0 aromatic carbocycles. The number of amides is 1. The number of pyridine rings is 1. The molecule has 0 aliphatic carbocycles. The first-order valence-electron chi connectivity index (χ1n) is 5.14. The van der Waals surface area contributed by atoms with Crippen LogP contribution < -0.4 is 5.32 Å². The quantitative estimate of drug-likeness (QED) is 0.815. The van der Waals surface area contributed by atoms with E-state index in [1.807, 2.05) is 0 Å². The number of nitrogens with one attached hydrogen (secondary N) is 1. The van der Waals surface area contributed by atoms with E-state index in [1.165, 1.54) is 12.3 Å². The molecular weight excluding hydrogens is 291 g/mol. The molecule has 1 heterocycles. The van der Waals surface area contributed by atoms with Gasteiger partial charge in [-0.3, -0.25) is 9.78 Å². The van der Waals surface area contributed by atoms with E-state index in [2.05, 4.69) is 26.2 Å². The maximum absolute atomic E-state index is 13.3. The Kier molecular flexibility index (Phi) is 6.07. The van der Waals surface area contributed by atoms with Gasteiger partial charge in [-0.1, -0.05) is 15.9 Å². The van der Waals surface area contributed by atoms with E-state index >= 15 is 0 Å². The van der Waals surface area contributed by atoms with Gasteiger partial charge in [-0.05, 0) is 12.5 Å². The van der Waals surface area contributed by atoms with Gasteiger partial charge in [0, 0.05) is 18.6 Å². The number of carbonyl (C=O) groups excluding carboxylic acids is 1. The highest BCUT2D eigenvalue weighted by Crippen LogP contribution is 2.06. The van der Waals surface area contributed by atoms with E-state index in [-0.39, 0.29) is 11.6 Å². The number of carbonyl (C=O) groups is 1. The molecule has 1 rings (SSSR count). The Bertz CT molecular complexity index is 370. The lowest BCUT2D eigenvalue weighted by molar-refractivity contribution is 0.0891. The van der Waals surface area contributed by atoms with Crippen molar-refractivity contribution >= 4 is 21.8 Å². The zero-order chi connectivity index (χ0) is 12.7. The van der Waals surface area contributed by atoms with Crippen LogP contribution in [0.3, 0.4) is 0 Å². The Hall–Kier alpha value is -1.01. The summed E-state index contributed by atoms with van der Waals surface area (Å²) in [4.78, 5) is 15.4. The molecule has 17 heavy (non-hydrogen) atoms. The molecule has 1 unspecified atom stereocenters. The van der Waals surface area contributed by atoms with Crippen LogP contribution in [-0.2, 0) is 4.74 Å². The zero-order valence-corrected chi connectivity index (χ0v) is 11.0. The molecule has 1 aromatic rings. The lowest BCUT2D eigenvalue weighted by atomic mass is 10.2. The zero-order valence-electron chi connectivity index (χ0n) is 9.45. The summed E-state index contributed by atoms with van der Waals surface area (Å²) in [6.07, 6.45) is 3.12. The predicted molar refractivity (Wildman–Crippen MR) is 65.7 cm³/mol. The normalized spacial score (nSPS) is 12.2. The van der Waals surface area contributed by atoms with Crippen LogP contribution in [0.4, 0.5) is 4.39 Å². The number of hydrogen-bond donors (Lipinski definition) is 1. The van der Waals surface area contributed by atoms with Crippen molar-refractivity contribution in [1.29, 1.82) is 0 Å². The first kappa shape index (κ1) is 14.1. The van der Waals surface area contributed by atoms with Gasteiger partial charge in [0.25, 0.3) is 5.91 Å². The Morgan fingerprint density at radius 2 is 2.47 bits per heavy atom. The van der Waals surface area contributed by atoms with Crippen LogP contribution in [0.25, 0.3) is 0 Å². The molecule has 94 valence electrons. The number of hydrogen-bond acceptors (Lipinski definition) is 3. The molecule has 0 aliphatic rings. The van der Waals surface area contributed by atoms with Crippen molar-refractivity contribution in [2.24, 2.45) is 0 Å². The maximum atomic E-state index is 13.3. The fraction of sp³-hybridized carbons (Fsp3) is 0.455. The van der Waals surface area contributed by atoms with Crippen molar-refractivity contribution in [3.63, 3.8) is 0 Å². The van der Waals surface area contributed by atoms with E-state index in [1.54, 1.807) is 7.11 Å². The van der Waals surface area contributed by atoms with Crippen molar-refractivity contribution in [2.75, 3.05) is 19.0 Å². The number of rotatable bonds is 6. The average molecular weight is 305 g/mol. The van der Waals surface area contributed by atoms with Gasteiger partial charge in [0.1, 0.15) is 0 Å². The second-order valence-corrected chi connectivity index (χ2v) is 4.25.